The Hall–Kier alpha value is -0.430. The smallest absolute Gasteiger partial charge is 0.00676 e. The first-order valence-electron chi connectivity index (χ1n) is 3.66. The molecule has 0 amide bonds. The summed E-state index contributed by atoms with van der Waals surface area (Å²) in [5.74, 6) is 1.28. The Morgan fingerprint density at radius 1 is 1.40 bits per heavy atom. The fourth-order valence-electron chi connectivity index (χ4n) is 1.28. The molecule has 0 N–H and O–H groups in total. The van der Waals surface area contributed by atoms with Crippen molar-refractivity contribution in [2.24, 2.45) is 0 Å². The van der Waals surface area contributed by atoms with Crippen LogP contribution in [-0.2, 0) is 0 Å². The Kier molecular flexibility index (Phi) is 1.68. The summed E-state index contributed by atoms with van der Waals surface area (Å²) in [7, 11) is 0. The maximum absolute atomic E-state index is 2.33. The van der Waals surface area contributed by atoms with E-state index < -0.39 is 0 Å². The normalized spacial score (nSPS) is 23.2. The largest absolute Gasteiger partial charge is 0.126 e. The summed E-state index contributed by atoms with van der Waals surface area (Å²) in [6, 6.07) is 0. The van der Waals surface area contributed by atoms with Gasteiger partial charge in [0.1, 0.15) is 0 Å². The van der Waals surface area contributed by atoms with Gasteiger partial charge in [-0.3, -0.25) is 0 Å². The monoisotopic (exact) mass is 150 g/mol. The van der Waals surface area contributed by atoms with Gasteiger partial charge in [-0.15, -0.1) is 11.8 Å². The molecule has 0 atom stereocenters. The highest BCUT2D eigenvalue weighted by atomic mass is 32.2. The molecule has 1 heteroatoms. The van der Waals surface area contributed by atoms with E-state index in [1.807, 2.05) is 11.8 Å². The zero-order valence-electron chi connectivity index (χ0n) is 5.84. The molecule has 10 heavy (non-hydrogen) atoms. The van der Waals surface area contributed by atoms with E-state index in [4.69, 9.17) is 0 Å². The number of hydrogen-bond acceptors (Lipinski definition) is 1. The van der Waals surface area contributed by atoms with Gasteiger partial charge < -0.3 is 0 Å². The number of thioether (sulfide) groups is 1. The SMILES string of the molecule is C1=CCC=C2SCCC2=C1. The highest BCUT2D eigenvalue weighted by Gasteiger charge is 2.13. The lowest BCUT2D eigenvalue weighted by molar-refractivity contribution is 1.20. The van der Waals surface area contributed by atoms with Gasteiger partial charge >= 0.3 is 0 Å². The van der Waals surface area contributed by atoms with Crippen LogP contribution in [0.4, 0.5) is 0 Å². The average Bonchev–Trinajstić information content (AvgIpc) is 2.28. The minimum atomic E-state index is 1.11. The van der Waals surface area contributed by atoms with Crippen LogP contribution in [0.25, 0.3) is 0 Å². The van der Waals surface area contributed by atoms with Crippen molar-refractivity contribution >= 4 is 11.8 Å². The molecular weight excluding hydrogens is 140 g/mol. The lowest BCUT2D eigenvalue weighted by Crippen LogP contribution is -1.72. The third-order valence-electron chi connectivity index (χ3n) is 1.82. The molecule has 0 spiro atoms. The van der Waals surface area contributed by atoms with Crippen molar-refractivity contribution in [1.29, 1.82) is 0 Å². The van der Waals surface area contributed by atoms with Crippen LogP contribution in [-0.4, -0.2) is 5.75 Å². The molecule has 0 radical (unpaired) electrons. The van der Waals surface area contributed by atoms with E-state index in [1.165, 1.54) is 17.1 Å². The van der Waals surface area contributed by atoms with Gasteiger partial charge in [-0.1, -0.05) is 24.3 Å². The van der Waals surface area contributed by atoms with Crippen molar-refractivity contribution in [1.82, 2.24) is 0 Å². The van der Waals surface area contributed by atoms with E-state index in [2.05, 4.69) is 24.3 Å². The molecule has 2 aliphatic rings. The highest BCUT2D eigenvalue weighted by molar-refractivity contribution is 8.03. The highest BCUT2D eigenvalue weighted by Crippen LogP contribution is 2.36. The first kappa shape index (κ1) is 6.29. The molecule has 0 aromatic heterocycles. The van der Waals surface area contributed by atoms with E-state index in [0.717, 1.165) is 6.42 Å². The maximum atomic E-state index is 2.33. The summed E-state index contributed by atoms with van der Waals surface area (Å²) in [6.45, 7) is 0. The van der Waals surface area contributed by atoms with Crippen LogP contribution in [0.2, 0.25) is 0 Å². The maximum Gasteiger partial charge on any atom is 0.00676 e. The van der Waals surface area contributed by atoms with E-state index in [0.29, 0.717) is 0 Å². The topological polar surface area (TPSA) is 0 Å². The van der Waals surface area contributed by atoms with Crippen LogP contribution in [0, 0.1) is 0 Å². The fourth-order valence-corrected chi connectivity index (χ4v) is 2.39. The predicted molar refractivity (Wildman–Crippen MR) is 47.0 cm³/mol. The number of allylic oxidation sites excluding steroid dienone is 5. The summed E-state index contributed by atoms with van der Waals surface area (Å²) in [6.07, 6.45) is 11.3. The Labute approximate surface area is 65.7 Å². The Bertz CT molecular complexity index is 221. The first-order valence-corrected chi connectivity index (χ1v) is 4.64. The van der Waals surface area contributed by atoms with Gasteiger partial charge in [-0.05, 0) is 18.4 Å². The summed E-state index contributed by atoms with van der Waals surface area (Å²) in [5, 5.41) is 0. The number of fused-ring (bicyclic) bond motifs is 1. The molecule has 0 nitrogen and oxygen atoms in total. The predicted octanol–water partition coefficient (Wildman–Crippen LogP) is 2.89. The van der Waals surface area contributed by atoms with Gasteiger partial charge in [0.15, 0.2) is 0 Å². The molecule has 52 valence electrons. The molecule has 0 bridgehead atoms. The summed E-state index contributed by atoms with van der Waals surface area (Å²) < 4.78 is 0. The molecule has 1 fully saturated rings. The molecule has 0 aromatic rings. The van der Waals surface area contributed by atoms with E-state index in [1.54, 1.807) is 5.57 Å². The van der Waals surface area contributed by atoms with E-state index in [9.17, 15) is 0 Å². The Morgan fingerprint density at radius 2 is 2.40 bits per heavy atom. The molecule has 1 aliphatic heterocycles. The van der Waals surface area contributed by atoms with Gasteiger partial charge in [-0.2, -0.15) is 0 Å². The summed E-state index contributed by atoms with van der Waals surface area (Å²) in [4.78, 5) is 1.52. The van der Waals surface area contributed by atoms with Crippen molar-refractivity contribution in [2.75, 3.05) is 5.75 Å². The molecule has 0 aromatic carbocycles. The lowest BCUT2D eigenvalue weighted by atomic mass is 10.2. The minimum absolute atomic E-state index is 1.11. The van der Waals surface area contributed by atoms with Gasteiger partial charge in [0.25, 0.3) is 0 Å². The first-order chi connectivity index (χ1) is 4.97. The van der Waals surface area contributed by atoms with Crippen molar-refractivity contribution in [3.63, 3.8) is 0 Å². The quantitative estimate of drug-likeness (QED) is 0.511. The van der Waals surface area contributed by atoms with Gasteiger partial charge in [0, 0.05) is 10.7 Å². The van der Waals surface area contributed by atoms with Gasteiger partial charge in [-0.25, -0.2) is 0 Å². The zero-order valence-corrected chi connectivity index (χ0v) is 6.66. The third-order valence-corrected chi connectivity index (χ3v) is 2.97. The third kappa shape index (κ3) is 1.06. The van der Waals surface area contributed by atoms with Gasteiger partial charge in [0.05, 0.1) is 0 Å². The average molecular weight is 150 g/mol. The van der Waals surface area contributed by atoms with Crippen molar-refractivity contribution in [2.45, 2.75) is 12.8 Å². The van der Waals surface area contributed by atoms with Crippen molar-refractivity contribution in [3.05, 3.63) is 34.8 Å². The molecule has 1 saturated heterocycles. The fraction of sp³-hybridized carbons (Fsp3) is 0.333. The lowest BCUT2D eigenvalue weighted by Gasteiger charge is -1.93. The van der Waals surface area contributed by atoms with Crippen LogP contribution in [0.5, 0.6) is 0 Å². The van der Waals surface area contributed by atoms with Gasteiger partial charge in [0.2, 0.25) is 0 Å². The standard InChI is InChI=1S/C9H10S/c1-2-4-8-6-7-10-9(8)5-3-1/h1-2,4-5H,3,6-7H2. The molecule has 0 unspecified atom stereocenters. The second kappa shape index (κ2) is 2.67. The summed E-state index contributed by atoms with van der Waals surface area (Å²) in [5.41, 5.74) is 1.54. The Balaban J connectivity index is 2.34. The van der Waals surface area contributed by atoms with E-state index in [-0.39, 0.29) is 0 Å². The number of hydrogen-bond donors (Lipinski definition) is 0. The molecule has 1 aliphatic carbocycles. The van der Waals surface area contributed by atoms with Crippen LogP contribution >= 0.6 is 11.8 Å². The summed E-state index contributed by atoms with van der Waals surface area (Å²) >= 11 is 1.99. The minimum Gasteiger partial charge on any atom is -0.126 e. The Morgan fingerprint density at radius 3 is 3.40 bits per heavy atom. The van der Waals surface area contributed by atoms with Crippen LogP contribution in [0.1, 0.15) is 12.8 Å². The van der Waals surface area contributed by atoms with Crippen molar-refractivity contribution in [3.8, 4) is 0 Å². The second-order valence-electron chi connectivity index (χ2n) is 2.52. The van der Waals surface area contributed by atoms with Crippen LogP contribution < -0.4 is 0 Å². The molecule has 2 rings (SSSR count). The zero-order chi connectivity index (χ0) is 6.81. The van der Waals surface area contributed by atoms with Crippen LogP contribution in [0.3, 0.4) is 0 Å². The number of rotatable bonds is 0. The molecule has 1 heterocycles. The molecular formula is C9H10S. The van der Waals surface area contributed by atoms with Crippen molar-refractivity contribution < 1.29 is 0 Å². The second-order valence-corrected chi connectivity index (χ2v) is 3.66. The van der Waals surface area contributed by atoms with Crippen LogP contribution in [0.15, 0.2) is 34.8 Å². The molecule has 0 saturated carbocycles. The van der Waals surface area contributed by atoms with E-state index >= 15 is 0 Å².